The minimum atomic E-state index is -0.747. The van der Waals surface area contributed by atoms with Gasteiger partial charge in [-0.15, -0.1) is 0 Å². The number of hydrazone groups is 1. The Hall–Kier alpha value is -3.28. The summed E-state index contributed by atoms with van der Waals surface area (Å²) < 4.78 is 0. The summed E-state index contributed by atoms with van der Waals surface area (Å²) in [6.45, 7) is 5.51. The van der Waals surface area contributed by atoms with E-state index in [0.29, 0.717) is 5.69 Å². The molecule has 2 aromatic carbocycles. The van der Waals surface area contributed by atoms with Crippen LogP contribution in [0.25, 0.3) is 10.8 Å². The smallest absolute Gasteiger partial charge is 0.240 e. The van der Waals surface area contributed by atoms with E-state index >= 15 is 0 Å². The van der Waals surface area contributed by atoms with Crippen LogP contribution in [0.4, 0.5) is 5.69 Å². The van der Waals surface area contributed by atoms with Crippen LogP contribution in [0, 0.1) is 17.3 Å². The van der Waals surface area contributed by atoms with E-state index in [0.717, 1.165) is 10.8 Å². The molecule has 0 bridgehead atoms. The zero-order valence-electron chi connectivity index (χ0n) is 17.1. The fraction of sp³-hybridized carbons (Fsp3) is 0.333. The van der Waals surface area contributed by atoms with Gasteiger partial charge in [0.1, 0.15) is 6.04 Å². The number of Topliss-reactive ketones (excluding diaryl/α,β-unsaturated/α-hetero) is 1. The van der Waals surface area contributed by atoms with Gasteiger partial charge >= 0.3 is 0 Å². The van der Waals surface area contributed by atoms with Gasteiger partial charge in [-0.2, -0.15) is 5.10 Å². The Morgan fingerprint density at radius 3 is 2.40 bits per heavy atom. The summed E-state index contributed by atoms with van der Waals surface area (Å²) >= 11 is 0. The number of benzene rings is 2. The van der Waals surface area contributed by atoms with Crippen LogP contribution in [0.2, 0.25) is 0 Å². The highest BCUT2D eigenvalue weighted by molar-refractivity contribution is 6.24. The van der Waals surface area contributed by atoms with Crippen molar-refractivity contribution in [2.45, 2.75) is 32.9 Å². The number of imide groups is 1. The molecule has 3 aliphatic heterocycles. The van der Waals surface area contributed by atoms with Crippen LogP contribution in [-0.2, 0) is 14.4 Å². The van der Waals surface area contributed by atoms with Crippen molar-refractivity contribution in [2.75, 3.05) is 4.90 Å². The van der Waals surface area contributed by atoms with Crippen molar-refractivity contribution < 1.29 is 14.4 Å². The minimum Gasteiger partial charge on any atom is -0.297 e. The lowest BCUT2D eigenvalue weighted by Gasteiger charge is -2.33. The third-order valence-electron chi connectivity index (χ3n) is 6.29. The Balaban J connectivity index is 1.60. The second kappa shape index (κ2) is 6.36. The fourth-order valence-electron chi connectivity index (χ4n) is 4.85. The highest BCUT2D eigenvalue weighted by Gasteiger charge is 2.64. The molecule has 0 spiro atoms. The van der Waals surface area contributed by atoms with E-state index in [4.69, 9.17) is 0 Å². The van der Waals surface area contributed by atoms with E-state index in [1.165, 1.54) is 4.90 Å². The third kappa shape index (κ3) is 2.56. The molecule has 6 heteroatoms. The van der Waals surface area contributed by atoms with Crippen LogP contribution in [0.3, 0.4) is 0 Å². The summed E-state index contributed by atoms with van der Waals surface area (Å²) in [5.41, 5.74) is -0.101. The van der Waals surface area contributed by atoms with Gasteiger partial charge in [0.15, 0.2) is 5.78 Å². The quantitative estimate of drug-likeness (QED) is 0.725. The monoisotopic (exact) mass is 401 g/mol. The van der Waals surface area contributed by atoms with Gasteiger partial charge in [-0.25, -0.2) is 4.90 Å². The summed E-state index contributed by atoms with van der Waals surface area (Å²) in [5, 5.41) is 8.03. The number of fused-ring (bicyclic) bond motifs is 4. The lowest BCUT2D eigenvalue weighted by atomic mass is 9.80. The number of carbonyl (C=O) groups excluding carboxylic acids is 3. The van der Waals surface area contributed by atoms with Crippen LogP contribution in [0.15, 0.2) is 59.7 Å². The molecule has 30 heavy (non-hydrogen) atoms. The first-order valence-corrected chi connectivity index (χ1v) is 10.2. The fourth-order valence-corrected chi connectivity index (χ4v) is 4.85. The van der Waals surface area contributed by atoms with Gasteiger partial charge in [-0.1, -0.05) is 57.2 Å². The van der Waals surface area contributed by atoms with E-state index in [1.54, 1.807) is 23.4 Å². The Labute approximate surface area is 174 Å². The van der Waals surface area contributed by atoms with E-state index in [-0.39, 0.29) is 17.6 Å². The molecule has 0 N–H and O–H groups in total. The first-order valence-electron chi connectivity index (χ1n) is 10.2. The highest BCUT2D eigenvalue weighted by atomic mass is 16.2. The molecule has 2 amide bonds. The van der Waals surface area contributed by atoms with E-state index in [1.807, 2.05) is 63.2 Å². The van der Waals surface area contributed by atoms with Gasteiger partial charge in [0, 0.05) is 11.6 Å². The summed E-state index contributed by atoms with van der Waals surface area (Å²) in [4.78, 5) is 41.6. The molecule has 0 radical (unpaired) electrons. The Morgan fingerprint density at radius 1 is 0.967 bits per heavy atom. The average Bonchev–Trinajstić information content (AvgIpc) is 3.19. The van der Waals surface area contributed by atoms with Crippen molar-refractivity contribution in [3.05, 3.63) is 54.6 Å². The number of allylic oxidation sites excluding steroid dienone is 1. The highest BCUT2D eigenvalue weighted by Crippen LogP contribution is 2.47. The molecule has 6 nitrogen and oxygen atoms in total. The minimum absolute atomic E-state index is 0.0750. The molecule has 152 valence electrons. The first-order chi connectivity index (χ1) is 14.3. The third-order valence-corrected chi connectivity index (χ3v) is 6.29. The number of hydrogen-bond donors (Lipinski definition) is 0. The molecule has 2 fully saturated rings. The second-order valence-corrected chi connectivity index (χ2v) is 9.17. The molecule has 0 unspecified atom stereocenters. The maximum absolute atomic E-state index is 13.6. The summed E-state index contributed by atoms with van der Waals surface area (Å²) in [6, 6.07) is 12.3. The number of nitrogens with zero attached hydrogens (tertiary/aromatic N) is 3. The van der Waals surface area contributed by atoms with Crippen LogP contribution >= 0.6 is 0 Å². The number of rotatable bonds is 2. The molecular formula is C24H23N3O3. The van der Waals surface area contributed by atoms with Crippen molar-refractivity contribution in [1.82, 2.24) is 5.01 Å². The van der Waals surface area contributed by atoms with Crippen molar-refractivity contribution in [3.8, 4) is 0 Å². The molecule has 3 aliphatic rings. The van der Waals surface area contributed by atoms with Crippen molar-refractivity contribution in [3.63, 3.8) is 0 Å². The van der Waals surface area contributed by atoms with Gasteiger partial charge in [-0.3, -0.25) is 19.4 Å². The summed E-state index contributed by atoms with van der Waals surface area (Å²) in [6.07, 6.45) is 5.25. The normalized spacial score (nSPS) is 27.7. The molecular weight excluding hydrogens is 378 g/mol. The Kier molecular flexibility index (Phi) is 3.97. The molecule has 4 atom stereocenters. The number of anilines is 1. The number of hydrogen-bond acceptors (Lipinski definition) is 5. The molecule has 2 saturated heterocycles. The van der Waals surface area contributed by atoms with Crippen molar-refractivity contribution in [2.24, 2.45) is 22.4 Å². The number of amides is 2. The standard InChI is InChI=1S/C24H23N3O3/c1-24(2,3)21(28)20-19-18(17-9-6-12-25-27(17)20)22(29)26(23(19)30)16-11-10-14-7-4-5-8-15(14)13-16/h4-13,17-20H,1-3H3/t17-,18-,19-,20+/m1/s1. The lowest BCUT2D eigenvalue weighted by Crippen LogP contribution is -2.49. The maximum Gasteiger partial charge on any atom is 0.240 e. The van der Waals surface area contributed by atoms with E-state index < -0.39 is 29.3 Å². The van der Waals surface area contributed by atoms with E-state index in [2.05, 4.69) is 5.10 Å². The van der Waals surface area contributed by atoms with Crippen molar-refractivity contribution in [1.29, 1.82) is 0 Å². The lowest BCUT2D eigenvalue weighted by molar-refractivity contribution is -0.136. The summed E-state index contributed by atoms with van der Waals surface area (Å²) in [7, 11) is 0. The molecule has 5 rings (SSSR count). The Morgan fingerprint density at radius 2 is 1.67 bits per heavy atom. The van der Waals surface area contributed by atoms with Gasteiger partial charge in [0.05, 0.1) is 23.6 Å². The van der Waals surface area contributed by atoms with Crippen molar-refractivity contribution >= 4 is 40.3 Å². The van der Waals surface area contributed by atoms with Crippen LogP contribution in [0.1, 0.15) is 20.8 Å². The summed E-state index contributed by atoms with van der Waals surface area (Å²) in [5.74, 6) is -2.01. The first kappa shape index (κ1) is 18.7. The van der Waals surface area contributed by atoms with Crippen LogP contribution < -0.4 is 4.90 Å². The molecule has 0 aromatic heterocycles. The molecule has 0 saturated carbocycles. The number of carbonyl (C=O) groups is 3. The Bertz CT molecular complexity index is 1140. The second-order valence-electron chi connectivity index (χ2n) is 9.17. The molecule has 3 heterocycles. The molecule has 2 aromatic rings. The maximum atomic E-state index is 13.6. The average molecular weight is 401 g/mol. The van der Waals surface area contributed by atoms with E-state index in [9.17, 15) is 14.4 Å². The predicted molar refractivity (Wildman–Crippen MR) is 115 cm³/mol. The zero-order valence-corrected chi connectivity index (χ0v) is 17.1. The SMILES string of the molecule is CC(C)(C)C(=O)[C@@H]1[C@@H]2C(=O)N(c3ccc4ccccc4c3)C(=O)[C@@H]2[C@H]2C=CC=NN21. The van der Waals surface area contributed by atoms with Gasteiger partial charge < -0.3 is 0 Å². The van der Waals surface area contributed by atoms with Gasteiger partial charge in [0.25, 0.3) is 0 Å². The van der Waals surface area contributed by atoms with Crippen LogP contribution in [-0.4, -0.2) is 40.9 Å². The topological polar surface area (TPSA) is 70.0 Å². The largest absolute Gasteiger partial charge is 0.297 e. The predicted octanol–water partition coefficient (Wildman–Crippen LogP) is 3.17. The van der Waals surface area contributed by atoms with Gasteiger partial charge in [-0.05, 0) is 29.0 Å². The van der Waals surface area contributed by atoms with Crippen LogP contribution in [0.5, 0.6) is 0 Å². The van der Waals surface area contributed by atoms with Gasteiger partial charge in [0.2, 0.25) is 11.8 Å². The number of ketones is 1. The molecule has 0 aliphatic carbocycles. The zero-order chi connectivity index (χ0) is 21.2.